The third-order valence-electron chi connectivity index (χ3n) is 6.41. The summed E-state index contributed by atoms with van der Waals surface area (Å²) in [6, 6.07) is 13.5. The molecule has 0 spiro atoms. The summed E-state index contributed by atoms with van der Waals surface area (Å²) in [5.74, 6) is 0.866. The van der Waals surface area contributed by atoms with E-state index in [9.17, 15) is 19.7 Å². The molecular weight excluding hydrogens is 520 g/mol. The number of hydrogen-bond donors (Lipinski definition) is 1. The molecule has 1 aliphatic heterocycles. The van der Waals surface area contributed by atoms with Gasteiger partial charge in [0.05, 0.1) is 21.2 Å². The van der Waals surface area contributed by atoms with E-state index in [0.29, 0.717) is 66.3 Å². The normalized spacial score (nSPS) is 13.8. The van der Waals surface area contributed by atoms with Gasteiger partial charge in [-0.1, -0.05) is 31.5 Å². The third kappa shape index (κ3) is 7.06. The molecule has 0 unspecified atom stereocenters. The van der Waals surface area contributed by atoms with Crippen molar-refractivity contribution in [2.24, 2.45) is 5.92 Å². The van der Waals surface area contributed by atoms with Crippen LogP contribution in [0.25, 0.3) is 17.4 Å². The quantitative estimate of drug-likeness (QED) is 0.204. The van der Waals surface area contributed by atoms with Gasteiger partial charge in [0.2, 0.25) is 11.8 Å². The van der Waals surface area contributed by atoms with Crippen molar-refractivity contribution < 1.29 is 18.9 Å². The average molecular weight is 551 g/mol. The smallest absolute Gasteiger partial charge is 0.280 e. The molecule has 0 radical (unpaired) electrons. The number of amides is 2. The second kappa shape index (κ2) is 12.2. The molecule has 1 saturated heterocycles. The van der Waals surface area contributed by atoms with Gasteiger partial charge in [0.25, 0.3) is 5.69 Å². The first-order chi connectivity index (χ1) is 18.6. The molecule has 4 rings (SSSR count). The highest BCUT2D eigenvalue weighted by molar-refractivity contribution is 6.33. The Morgan fingerprint density at radius 2 is 1.85 bits per heavy atom. The lowest BCUT2D eigenvalue weighted by atomic mass is 10.1. The molecule has 1 fully saturated rings. The lowest BCUT2D eigenvalue weighted by Crippen LogP contribution is -2.49. The summed E-state index contributed by atoms with van der Waals surface area (Å²) < 4.78 is 5.72. The van der Waals surface area contributed by atoms with Crippen LogP contribution in [-0.2, 0) is 9.59 Å². The van der Waals surface area contributed by atoms with Crippen LogP contribution in [-0.4, -0.2) is 47.8 Å². The number of aryl methyl sites for hydroxylation is 1. The Hall–Kier alpha value is -4.11. The lowest BCUT2D eigenvalue weighted by molar-refractivity contribution is -0.384. The second-order valence-electron chi connectivity index (χ2n) is 9.93. The van der Waals surface area contributed by atoms with Crippen LogP contribution >= 0.6 is 11.6 Å². The predicted molar refractivity (Wildman–Crippen MR) is 153 cm³/mol. The Morgan fingerprint density at radius 3 is 2.51 bits per heavy atom. The van der Waals surface area contributed by atoms with Crippen molar-refractivity contribution in [3.63, 3.8) is 0 Å². The maximum Gasteiger partial charge on any atom is 0.280 e. The molecule has 2 heterocycles. The van der Waals surface area contributed by atoms with Crippen LogP contribution in [0.15, 0.2) is 59.0 Å². The van der Waals surface area contributed by atoms with Gasteiger partial charge in [-0.05, 0) is 60.9 Å². The summed E-state index contributed by atoms with van der Waals surface area (Å²) >= 11 is 6.54. The van der Waals surface area contributed by atoms with Gasteiger partial charge in [-0.2, -0.15) is 0 Å². The van der Waals surface area contributed by atoms with Crippen molar-refractivity contribution in [2.75, 3.05) is 36.4 Å². The molecule has 0 atom stereocenters. The maximum absolute atomic E-state index is 12.5. The number of hydrogen-bond acceptors (Lipinski definition) is 6. The minimum Gasteiger partial charge on any atom is -0.456 e. The number of piperazine rings is 1. The number of halogens is 1. The summed E-state index contributed by atoms with van der Waals surface area (Å²) in [5.41, 5.74) is 2.50. The van der Waals surface area contributed by atoms with Crippen LogP contribution in [0.2, 0.25) is 5.02 Å². The molecule has 3 aromatic rings. The number of rotatable bonds is 8. The van der Waals surface area contributed by atoms with Crippen molar-refractivity contribution in [1.82, 2.24) is 4.90 Å². The van der Waals surface area contributed by atoms with E-state index >= 15 is 0 Å². The molecule has 0 aliphatic carbocycles. The van der Waals surface area contributed by atoms with E-state index in [1.165, 1.54) is 18.2 Å². The number of benzene rings is 2. The Kier molecular flexibility index (Phi) is 8.71. The Labute approximate surface area is 232 Å². The van der Waals surface area contributed by atoms with Crippen molar-refractivity contribution in [3.8, 4) is 11.3 Å². The van der Waals surface area contributed by atoms with Crippen LogP contribution < -0.4 is 10.2 Å². The second-order valence-corrected chi connectivity index (χ2v) is 10.3. The molecule has 1 aromatic heterocycles. The SMILES string of the molecule is Cc1ccc(-c2ccc(/C=C/C(=O)Nc3ccc(N4CCN(C(=O)CC(C)C)CC4)c(Cl)c3)o2)c([N+](=O)[O-])c1. The molecule has 10 heteroatoms. The molecule has 1 N–H and O–H groups in total. The molecule has 39 heavy (non-hydrogen) atoms. The van der Waals surface area contributed by atoms with Gasteiger partial charge in [-0.3, -0.25) is 19.7 Å². The van der Waals surface area contributed by atoms with E-state index < -0.39 is 4.92 Å². The topological polar surface area (TPSA) is 109 Å². The number of carbonyl (C=O) groups is 2. The minimum absolute atomic E-state index is 0.0422. The summed E-state index contributed by atoms with van der Waals surface area (Å²) in [5, 5.41) is 14.7. The molecule has 2 amide bonds. The highest BCUT2D eigenvalue weighted by atomic mass is 35.5. The zero-order valence-electron chi connectivity index (χ0n) is 22.1. The number of anilines is 2. The van der Waals surface area contributed by atoms with Crippen LogP contribution in [0.1, 0.15) is 31.6 Å². The van der Waals surface area contributed by atoms with Gasteiger partial charge in [0, 0.05) is 50.4 Å². The largest absolute Gasteiger partial charge is 0.456 e. The lowest BCUT2D eigenvalue weighted by Gasteiger charge is -2.36. The maximum atomic E-state index is 12.5. The molecular formula is C29H31ClN4O5. The van der Waals surface area contributed by atoms with Crippen molar-refractivity contribution in [1.29, 1.82) is 0 Å². The van der Waals surface area contributed by atoms with Crippen LogP contribution in [0, 0.1) is 23.0 Å². The number of nitro benzene ring substituents is 1. The van der Waals surface area contributed by atoms with Crippen LogP contribution in [0.5, 0.6) is 0 Å². The van der Waals surface area contributed by atoms with E-state index in [1.807, 2.05) is 24.8 Å². The van der Waals surface area contributed by atoms with Gasteiger partial charge < -0.3 is 19.5 Å². The standard InChI is InChI=1S/C29H31ClN4O5/c1-19(2)16-29(36)33-14-12-32(13-15-33)25-9-5-21(18-24(25)30)31-28(35)11-7-22-6-10-27(39-22)23-8-4-20(3)17-26(23)34(37)38/h4-11,17-19H,12-16H2,1-3H3,(H,31,35)/b11-7+. The molecule has 1 aliphatic rings. The van der Waals surface area contributed by atoms with Gasteiger partial charge in [-0.15, -0.1) is 0 Å². The predicted octanol–water partition coefficient (Wildman–Crippen LogP) is 6.16. The van der Waals surface area contributed by atoms with Gasteiger partial charge >= 0.3 is 0 Å². The summed E-state index contributed by atoms with van der Waals surface area (Å²) in [6.45, 7) is 8.54. The van der Waals surface area contributed by atoms with Gasteiger partial charge in [0.1, 0.15) is 11.5 Å². The highest BCUT2D eigenvalue weighted by Crippen LogP contribution is 2.33. The average Bonchev–Trinajstić information content (AvgIpc) is 3.36. The van der Waals surface area contributed by atoms with Gasteiger partial charge in [0.15, 0.2) is 0 Å². The Balaban J connectivity index is 1.35. The van der Waals surface area contributed by atoms with E-state index in [2.05, 4.69) is 10.2 Å². The molecule has 0 saturated carbocycles. The fraction of sp³-hybridized carbons (Fsp3) is 0.310. The first-order valence-corrected chi connectivity index (χ1v) is 13.1. The summed E-state index contributed by atoms with van der Waals surface area (Å²) in [7, 11) is 0. The summed E-state index contributed by atoms with van der Waals surface area (Å²) in [6.07, 6.45) is 3.37. The number of nitro groups is 1. The first-order valence-electron chi connectivity index (χ1n) is 12.8. The Bertz CT molecular complexity index is 1410. The number of carbonyl (C=O) groups excluding carboxylic acids is 2. The van der Waals surface area contributed by atoms with E-state index in [0.717, 1.165) is 11.3 Å². The van der Waals surface area contributed by atoms with E-state index in [4.69, 9.17) is 16.0 Å². The molecule has 2 aromatic carbocycles. The first kappa shape index (κ1) is 27.9. The van der Waals surface area contributed by atoms with Crippen molar-refractivity contribution >= 4 is 46.6 Å². The molecule has 0 bridgehead atoms. The number of furan rings is 1. The van der Waals surface area contributed by atoms with E-state index in [-0.39, 0.29) is 17.5 Å². The van der Waals surface area contributed by atoms with Crippen LogP contribution in [0.4, 0.5) is 17.1 Å². The fourth-order valence-corrected chi connectivity index (χ4v) is 4.75. The molecule has 204 valence electrons. The van der Waals surface area contributed by atoms with Crippen molar-refractivity contribution in [2.45, 2.75) is 27.2 Å². The fourth-order valence-electron chi connectivity index (χ4n) is 4.45. The van der Waals surface area contributed by atoms with E-state index in [1.54, 1.807) is 43.3 Å². The monoisotopic (exact) mass is 550 g/mol. The number of nitrogens with zero attached hydrogens (tertiary/aromatic N) is 3. The van der Waals surface area contributed by atoms with Gasteiger partial charge in [-0.25, -0.2) is 0 Å². The zero-order valence-corrected chi connectivity index (χ0v) is 22.9. The number of nitrogens with one attached hydrogen (secondary N) is 1. The zero-order chi connectivity index (χ0) is 28.1. The Morgan fingerprint density at radius 1 is 1.10 bits per heavy atom. The summed E-state index contributed by atoms with van der Waals surface area (Å²) in [4.78, 5) is 39.8. The van der Waals surface area contributed by atoms with Crippen molar-refractivity contribution in [3.05, 3.63) is 81.1 Å². The minimum atomic E-state index is -0.445. The highest BCUT2D eigenvalue weighted by Gasteiger charge is 2.23. The third-order valence-corrected chi connectivity index (χ3v) is 6.72. The molecule has 9 nitrogen and oxygen atoms in total. The van der Waals surface area contributed by atoms with Crippen LogP contribution in [0.3, 0.4) is 0 Å².